The standard InChI is InChI=1S/C31H29ClF3N5O4/c32-23-3-1-2-21(14-23)22-15-24(31(33,34)35)27(36-17-22)40-12-10-18(11-13-40)16-37-28(42)19-4-6-20(7-5-19)29(43)38-25-8-9-26(41)39-30(25)44/h1-7,14-15,17-18,25H,8-13,16H2,(H,37,42)(H,38,43)(H,39,41,44). The highest BCUT2D eigenvalue weighted by Crippen LogP contribution is 2.39. The third kappa shape index (κ3) is 7.36. The van der Waals surface area contributed by atoms with E-state index in [2.05, 4.69) is 20.9 Å². The monoisotopic (exact) mass is 627 g/mol. The molecule has 3 heterocycles. The fourth-order valence-electron chi connectivity index (χ4n) is 5.28. The van der Waals surface area contributed by atoms with Crippen molar-refractivity contribution in [3.05, 3.63) is 82.5 Å². The van der Waals surface area contributed by atoms with E-state index in [4.69, 9.17) is 11.6 Å². The first kappa shape index (κ1) is 31.0. The number of carbonyl (C=O) groups is 4. The summed E-state index contributed by atoms with van der Waals surface area (Å²) in [5.74, 6) is -1.83. The second-order valence-electron chi connectivity index (χ2n) is 10.8. The molecular formula is C31H29ClF3N5O4. The van der Waals surface area contributed by atoms with Gasteiger partial charge >= 0.3 is 6.18 Å². The Morgan fingerprint density at radius 3 is 2.27 bits per heavy atom. The van der Waals surface area contributed by atoms with Gasteiger partial charge in [-0.2, -0.15) is 13.2 Å². The third-order valence-corrected chi connectivity index (χ3v) is 7.98. The molecule has 1 aromatic heterocycles. The van der Waals surface area contributed by atoms with Gasteiger partial charge in [0.05, 0.1) is 5.56 Å². The molecule has 2 aliphatic heterocycles. The quantitative estimate of drug-likeness (QED) is 0.329. The lowest BCUT2D eigenvalue weighted by Crippen LogP contribution is -2.52. The predicted molar refractivity (Wildman–Crippen MR) is 157 cm³/mol. The molecule has 0 bridgehead atoms. The first-order chi connectivity index (χ1) is 21.0. The van der Waals surface area contributed by atoms with E-state index >= 15 is 0 Å². The zero-order chi connectivity index (χ0) is 31.4. The molecule has 5 rings (SSSR count). The Labute approximate surface area is 256 Å². The van der Waals surface area contributed by atoms with Gasteiger partial charge in [-0.15, -0.1) is 0 Å². The van der Waals surface area contributed by atoms with Gasteiger partial charge in [0, 0.05) is 54.0 Å². The molecule has 1 unspecified atom stereocenters. The minimum absolute atomic E-state index is 0.0637. The first-order valence-corrected chi connectivity index (χ1v) is 14.5. The molecule has 0 saturated carbocycles. The summed E-state index contributed by atoms with van der Waals surface area (Å²) < 4.78 is 42.1. The lowest BCUT2D eigenvalue weighted by atomic mass is 9.96. The molecule has 0 spiro atoms. The molecule has 230 valence electrons. The van der Waals surface area contributed by atoms with Crippen molar-refractivity contribution in [1.29, 1.82) is 0 Å². The van der Waals surface area contributed by atoms with E-state index in [0.29, 0.717) is 54.2 Å². The van der Waals surface area contributed by atoms with Crippen molar-refractivity contribution in [1.82, 2.24) is 20.9 Å². The Morgan fingerprint density at radius 2 is 1.64 bits per heavy atom. The van der Waals surface area contributed by atoms with Gasteiger partial charge in [-0.25, -0.2) is 4.98 Å². The molecule has 2 aromatic carbocycles. The summed E-state index contributed by atoms with van der Waals surface area (Å²) in [6, 6.07) is 12.8. The molecule has 3 aromatic rings. The molecule has 1 atom stereocenters. The summed E-state index contributed by atoms with van der Waals surface area (Å²) in [5.41, 5.74) is 0.645. The molecular weight excluding hydrogens is 599 g/mol. The van der Waals surface area contributed by atoms with Crippen LogP contribution >= 0.6 is 11.6 Å². The van der Waals surface area contributed by atoms with E-state index in [-0.39, 0.29) is 42.0 Å². The van der Waals surface area contributed by atoms with Crippen molar-refractivity contribution in [3.8, 4) is 11.1 Å². The number of hydrogen-bond donors (Lipinski definition) is 3. The van der Waals surface area contributed by atoms with Crippen molar-refractivity contribution < 1.29 is 32.3 Å². The number of piperidine rings is 2. The number of anilines is 1. The van der Waals surface area contributed by atoms with E-state index in [1.807, 2.05) is 0 Å². The number of alkyl halides is 3. The number of halogens is 4. The van der Waals surface area contributed by atoms with Crippen LogP contribution in [0, 0.1) is 5.92 Å². The normalized spacial score (nSPS) is 17.6. The number of hydrogen-bond acceptors (Lipinski definition) is 6. The second-order valence-corrected chi connectivity index (χ2v) is 11.2. The number of nitrogens with one attached hydrogen (secondary N) is 3. The number of nitrogens with zero attached hydrogens (tertiary/aromatic N) is 2. The molecule has 13 heteroatoms. The fourth-order valence-corrected chi connectivity index (χ4v) is 5.47. The van der Waals surface area contributed by atoms with Gasteiger partial charge in [-0.05, 0) is 73.2 Å². The summed E-state index contributed by atoms with van der Waals surface area (Å²) in [4.78, 5) is 54.2. The average molecular weight is 628 g/mol. The van der Waals surface area contributed by atoms with Gasteiger partial charge in [-0.3, -0.25) is 24.5 Å². The van der Waals surface area contributed by atoms with Crippen molar-refractivity contribution in [3.63, 3.8) is 0 Å². The minimum atomic E-state index is -4.59. The van der Waals surface area contributed by atoms with E-state index < -0.39 is 29.6 Å². The molecule has 3 N–H and O–H groups in total. The number of pyridine rings is 1. The zero-order valence-corrected chi connectivity index (χ0v) is 24.2. The van der Waals surface area contributed by atoms with Gasteiger partial charge in [0.15, 0.2) is 0 Å². The largest absolute Gasteiger partial charge is 0.419 e. The molecule has 4 amide bonds. The fraction of sp³-hybridized carbons (Fsp3) is 0.323. The number of carbonyl (C=O) groups excluding carboxylic acids is 4. The smallest absolute Gasteiger partial charge is 0.356 e. The molecule has 2 aliphatic rings. The maximum absolute atomic E-state index is 14.0. The Kier molecular flexibility index (Phi) is 9.19. The molecule has 0 radical (unpaired) electrons. The van der Waals surface area contributed by atoms with Crippen molar-refractivity contribution in [2.45, 2.75) is 37.9 Å². The van der Waals surface area contributed by atoms with Crippen LogP contribution in [0.4, 0.5) is 19.0 Å². The number of benzene rings is 2. The summed E-state index contributed by atoms with van der Waals surface area (Å²) >= 11 is 6.02. The maximum atomic E-state index is 14.0. The molecule has 0 aliphatic carbocycles. The maximum Gasteiger partial charge on any atom is 0.419 e. The van der Waals surface area contributed by atoms with Crippen LogP contribution in [-0.4, -0.2) is 54.3 Å². The van der Waals surface area contributed by atoms with Gasteiger partial charge in [0.1, 0.15) is 11.9 Å². The van der Waals surface area contributed by atoms with Crippen molar-refractivity contribution in [2.24, 2.45) is 5.92 Å². The molecule has 2 fully saturated rings. The highest BCUT2D eigenvalue weighted by molar-refractivity contribution is 6.30. The van der Waals surface area contributed by atoms with Crippen LogP contribution < -0.4 is 20.9 Å². The van der Waals surface area contributed by atoms with Crippen LogP contribution in [-0.2, 0) is 15.8 Å². The average Bonchev–Trinajstić information content (AvgIpc) is 3.01. The van der Waals surface area contributed by atoms with E-state index in [1.54, 1.807) is 29.2 Å². The van der Waals surface area contributed by atoms with Gasteiger partial charge in [-0.1, -0.05) is 23.7 Å². The van der Waals surface area contributed by atoms with Gasteiger partial charge in [0.2, 0.25) is 11.8 Å². The highest BCUT2D eigenvalue weighted by atomic mass is 35.5. The van der Waals surface area contributed by atoms with Crippen molar-refractivity contribution in [2.75, 3.05) is 24.5 Å². The van der Waals surface area contributed by atoms with Crippen LogP contribution in [0.3, 0.4) is 0 Å². The Hall–Kier alpha value is -4.45. The van der Waals surface area contributed by atoms with E-state index in [9.17, 15) is 32.3 Å². The summed E-state index contributed by atoms with van der Waals surface area (Å²) in [6.45, 7) is 1.05. The van der Waals surface area contributed by atoms with Gasteiger partial charge in [0.25, 0.3) is 11.8 Å². The zero-order valence-electron chi connectivity index (χ0n) is 23.4. The number of imide groups is 1. The first-order valence-electron chi connectivity index (χ1n) is 14.1. The number of aromatic nitrogens is 1. The summed E-state index contributed by atoms with van der Waals surface area (Å²) in [6.07, 6.45) is -1.69. The van der Waals surface area contributed by atoms with Gasteiger partial charge < -0.3 is 15.5 Å². The minimum Gasteiger partial charge on any atom is -0.356 e. The van der Waals surface area contributed by atoms with Crippen LogP contribution in [0.2, 0.25) is 5.02 Å². The van der Waals surface area contributed by atoms with Crippen molar-refractivity contribution >= 4 is 41.0 Å². The summed E-state index contributed by atoms with van der Waals surface area (Å²) in [5, 5.41) is 8.04. The summed E-state index contributed by atoms with van der Waals surface area (Å²) in [7, 11) is 0. The predicted octanol–water partition coefficient (Wildman–Crippen LogP) is 4.60. The van der Waals surface area contributed by atoms with E-state index in [0.717, 1.165) is 6.07 Å². The topological polar surface area (TPSA) is 120 Å². The number of amides is 4. The SMILES string of the molecule is O=C1CCC(NC(=O)c2ccc(C(=O)NCC3CCN(c4ncc(-c5cccc(Cl)c5)cc4C(F)(F)F)CC3)cc2)C(=O)N1. The molecule has 44 heavy (non-hydrogen) atoms. The lowest BCUT2D eigenvalue weighted by molar-refractivity contribution is -0.137. The van der Waals surface area contributed by atoms with Crippen LogP contribution in [0.1, 0.15) is 52.0 Å². The highest BCUT2D eigenvalue weighted by Gasteiger charge is 2.37. The van der Waals surface area contributed by atoms with E-state index in [1.165, 1.54) is 30.5 Å². The van der Waals surface area contributed by atoms with Crippen LogP contribution in [0.25, 0.3) is 11.1 Å². The number of rotatable bonds is 7. The molecule has 9 nitrogen and oxygen atoms in total. The second kappa shape index (κ2) is 13.0. The molecule has 2 saturated heterocycles. The van der Waals surface area contributed by atoms with Crippen LogP contribution in [0.5, 0.6) is 0 Å². The third-order valence-electron chi connectivity index (χ3n) is 7.75. The Bertz CT molecular complexity index is 1570. The van der Waals surface area contributed by atoms with Crippen LogP contribution in [0.15, 0.2) is 60.8 Å². The Morgan fingerprint density at radius 1 is 0.955 bits per heavy atom. The lowest BCUT2D eigenvalue weighted by Gasteiger charge is -2.34. The Balaban J connectivity index is 1.14.